The Morgan fingerprint density at radius 1 is 1.08 bits per heavy atom. The van der Waals surface area contributed by atoms with Crippen molar-refractivity contribution in [2.24, 2.45) is 0 Å². The van der Waals surface area contributed by atoms with Gasteiger partial charge in [-0.25, -0.2) is 9.59 Å². The Bertz CT molecular complexity index is 667. The Balaban J connectivity index is 2.05. The zero-order chi connectivity index (χ0) is 17.9. The van der Waals surface area contributed by atoms with Gasteiger partial charge in [0, 0.05) is 37.3 Å². The molecule has 1 aliphatic rings. The van der Waals surface area contributed by atoms with Crippen LogP contribution in [0.5, 0.6) is 0 Å². The van der Waals surface area contributed by atoms with Crippen LogP contribution in [0.15, 0.2) is 36.0 Å². The van der Waals surface area contributed by atoms with Crippen LogP contribution in [0.1, 0.15) is 38.1 Å². The molecular formula is C17H20N2O5. The van der Waals surface area contributed by atoms with Crippen LogP contribution in [0.2, 0.25) is 0 Å². The zero-order valence-electron chi connectivity index (χ0n) is 14.0. The molecule has 1 fully saturated rings. The summed E-state index contributed by atoms with van der Waals surface area (Å²) in [6, 6.07) is 6.65. The molecule has 1 saturated heterocycles. The number of rotatable bonds is 4. The molecule has 2 N–H and O–H groups in total. The second kappa shape index (κ2) is 6.74. The second-order valence-electron chi connectivity index (χ2n) is 6.09. The van der Waals surface area contributed by atoms with Gasteiger partial charge in [0.2, 0.25) is 0 Å². The van der Waals surface area contributed by atoms with Gasteiger partial charge in [-0.05, 0) is 38.1 Å². The summed E-state index contributed by atoms with van der Waals surface area (Å²) < 4.78 is 9.98. The van der Waals surface area contributed by atoms with Gasteiger partial charge in [-0.2, -0.15) is 0 Å². The first-order valence-corrected chi connectivity index (χ1v) is 7.52. The molecule has 24 heavy (non-hydrogen) atoms. The summed E-state index contributed by atoms with van der Waals surface area (Å²) in [6.07, 6.45) is 1.23. The number of nitrogens with one attached hydrogen (secondary N) is 2. The fraction of sp³-hybridized carbons (Fsp3) is 0.353. The molecule has 2 rings (SSSR count). The number of ether oxygens (including phenoxy) is 2. The molecule has 1 aromatic carbocycles. The second-order valence-corrected chi connectivity index (χ2v) is 6.09. The molecule has 1 aliphatic heterocycles. The maximum absolute atomic E-state index is 11.9. The molecule has 0 aromatic heterocycles. The van der Waals surface area contributed by atoms with Gasteiger partial charge in [0.25, 0.3) is 11.7 Å². The van der Waals surface area contributed by atoms with E-state index in [4.69, 9.17) is 9.47 Å². The van der Waals surface area contributed by atoms with Gasteiger partial charge < -0.3 is 20.1 Å². The Morgan fingerprint density at radius 3 is 2.12 bits per heavy atom. The van der Waals surface area contributed by atoms with Crippen molar-refractivity contribution in [2.45, 2.75) is 39.5 Å². The van der Waals surface area contributed by atoms with Gasteiger partial charge in [0.05, 0.1) is 0 Å². The molecule has 1 aromatic rings. The largest absolute Gasteiger partial charge is 0.419 e. The number of cyclic esters (lactones) is 2. The molecule has 1 heterocycles. The summed E-state index contributed by atoms with van der Waals surface area (Å²) in [5.41, 5.74) is 0.894. The van der Waals surface area contributed by atoms with Crippen molar-refractivity contribution >= 4 is 23.5 Å². The maximum atomic E-state index is 11.9. The van der Waals surface area contributed by atoms with E-state index in [0.29, 0.717) is 11.3 Å². The van der Waals surface area contributed by atoms with Crippen LogP contribution in [-0.2, 0) is 19.1 Å². The van der Waals surface area contributed by atoms with Crippen molar-refractivity contribution in [3.63, 3.8) is 0 Å². The molecule has 0 aliphatic carbocycles. The van der Waals surface area contributed by atoms with Crippen molar-refractivity contribution < 1.29 is 23.9 Å². The van der Waals surface area contributed by atoms with Crippen LogP contribution in [0, 0.1) is 0 Å². The van der Waals surface area contributed by atoms with Crippen molar-refractivity contribution in [1.29, 1.82) is 0 Å². The standard InChI is InChI=1S/C17H20N2O5/c1-10(2)19-14(20)11-5-7-12(8-6-11)18-9-13-15(21)23-17(3,4)24-16(13)22/h5-10,18H,1-4H3,(H,19,20). The van der Waals surface area contributed by atoms with E-state index in [9.17, 15) is 14.4 Å². The summed E-state index contributed by atoms with van der Waals surface area (Å²) in [5.74, 6) is -2.94. The van der Waals surface area contributed by atoms with E-state index in [-0.39, 0.29) is 17.5 Å². The average molecular weight is 332 g/mol. The fourth-order valence-corrected chi connectivity index (χ4v) is 2.00. The first-order chi connectivity index (χ1) is 11.2. The summed E-state index contributed by atoms with van der Waals surface area (Å²) in [5, 5.41) is 5.60. The topological polar surface area (TPSA) is 93.7 Å². The third-order valence-electron chi connectivity index (χ3n) is 3.07. The molecule has 0 bridgehead atoms. The van der Waals surface area contributed by atoms with Crippen LogP contribution in [0.4, 0.5) is 5.69 Å². The van der Waals surface area contributed by atoms with E-state index in [1.165, 1.54) is 20.0 Å². The van der Waals surface area contributed by atoms with Gasteiger partial charge in [0.1, 0.15) is 0 Å². The molecule has 1 amide bonds. The third kappa shape index (κ3) is 4.34. The first-order valence-electron chi connectivity index (χ1n) is 7.52. The molecule has 0 radical (unpaired) electrons. The van der Waals surface area contributed by atoms with Crippen molar-refractivity contribution in [3.8, 4) is 0 Å². The van der Waals surface area contributed by atoms with Gasteiger partial charge in [-0.15, -0.1) is 0 Å². The predicted octanol–water partition coefficient (Wildman–Crippen LogP) is 1.96. The SMILES string of the molecule is CC(C)NC(=O)c1ccc(NC=C2C(=O)OC(C)(C)OC2=O)cc1. The first kappa shape index (κ1) is 17.5. The van der Waals surface area contributed by atoms with Gasteiger partial charge >= 0.3 is 11.9 Å². The van der Waals surface area contributed by atoms with Gasteiger partial charge in [-0.1, -0.05) is 0 Å². The number of hydrogen-bond acceptors (Lipinski definition) is 6. The lowest BCUT2D eigenvalue weighted by Gasteiger charge is -2.29. The van der Waals surface area contributed by atoms with Crippen LogP contribution in [0.25, 0.3) is 0 Å². The number of carbonyl (C=O) groups excluding carboxylic acids is 3. The predicted molar refractivity (Wildman–Crippen MR) is 87.0 cm³/mol. The van der Waals surface area contributed by atoms with E-state index in [0.717, 1.165) is 0 Å². The van der Waals surface area contributed by atoms with E-state index >= 15 is 0 Å². The lowest BCUT2D eigenvalue weighted by Crippen LogP contribution is -2.42. The maximum Gasteiger partial charge on any atom is 0.350 e. The molecule has 0 unspecified atom stereocenters. The molecule has 128 valence electrons. The van der Waals surface area contributed by atoms with Crippen LogP contribution in [-0.4, -0.2) is 29.7 Å². The Kier molecular flexibility index (Phi) is 4.92. The highest BCUT2D eigenvalue weighted by molar-refractivity contribution is 6.15. The summed E-state index contributed by atoms with van der Waals surface area (Å²) in [7, 11) is 0. The number of carbonyl (C=O) groups is 3. The van der Waals surface area contributed by atoms with E-state index < -0.39 is 17.7 Å². The fourth-order valence-electron chi connectivity index (χ4n) is 2.00. The zero-order valence-corrected chi connectivity index (χ0v) is 14.0. The van der Waals surface area contributed by atoms with E-state index in [1.807, 2.05) is 13.8 Å². The number of amides is 1. The minimum atomic E-state index is -1.27. The van der Waals surface area contributed by atoms with Crippen molar-refractivity contribution in [1.82, 2.24) is 5.32 Å². The molecular weight excluding hydrogens is 312 g/mol. The monoisotopic (exact) mass is 332 g/mol. The highest BCUT2D eigenvalue weighted by atomic mass is 16.7. The van der Waals surface area contributed by atoms with Crippen LogP contribution < -0.4 is 10.6 Å². The van der Waals surface area contributed by atoms with Crippen LogP contribution >= 0.6 is 0 Å². The van der Waals surface area contributed by atoms with E-state index in [2.05, 4.69) is 10.6 Å². The Hall–Kier alpha value is -2.83. The van der Waals surface area contributed by atoms with Crippen LogP contribution in [0.3, 0.4) is 0 Å². The lowest BCUT2D eigenvalue weighted by molar-refractivity contribution is -0.222. The molecule has 0 atom stereocenters. The normalized spacial score (nSPS) is 16.3. The number of esters is 2. The quantitative estimate of drug-likeness (QED) is 0.497. The highest BCUT2D eigenvalue weighted by Crippen LogP contribution is 2.22. The number of anilines is 1. The minimum Gasteiger partial charge on any atom is -0.419 e. The number of benzene rings is 1. The molecule has 7 heteroatoms. The molecule has 0 saturated carbocycles. The summed E-state index contributed by atoms with van der Waals surface area (Å²) >= 11 is 0. The Morgan fingerprint density at radius 2 is 1.62 bits per heavy atom. The number of hydrogen-bond donors (Lipinski definition) is 2. The average Bonchev–Trinajstić information content (AvgIpc) is 2.45. The minimum absolute atomic E-state index is 0.0487. The lowest BCUT2D eigenvalue weighted by atomic mass is 10.2. The van der Waals surface area contributed by atoms with Gasteiger partial charge in [-0.3, -0.25) is 4.79 Å². The summed E-state index contributed by atoms with van der Waals surface area (Å²) in [4.78, 5) is 35.5. The molecule has 7 nitrogen and oxygen atoms in total. The summed E-state index contributed by atoms with van der Waals surface area (Å²) in [6.45, 7) is 6.72. The van der Waals surface area contributed by atoms with Crippen molar-refractivity contribution in [2.75, 3.05) is 5.32 Å². The third-order valence-corrected chi connectivity index (χ3v) is 3.07. The van der Waals surface area contributed by atoms with Crippen molar-refractivity contribution in [3.05, 3.63) is 41.6 Å². The Labute approximate surface area is 140 Å². The highest BCUT2D eigenvalue weighted by Gasteiger charge is 2.38. The van der Waals surface area contributed by atoms with Gasteiger partial charge in [0.15, 0.2) is 5.57 Å². The smallest absolute Gasteiger partial charge is 0.350 e. The van der Waals surface area contributed by atoms with E-state index in [1.54, 1.807) is 24.3 Å². The molecule has 0 spiro atoms.